The zero-order chi connectivity index (χ0) is 32.6. The number of benzene rings is 2. The molecule has 3 fully saturated rings. The number of fused-ring (bicyclic) bond motifs is 2. The Labute approximate surface area is 263 Å². The molecule has 13 heteroatoms. The summed E-state index contributed by atoms with van der Waals surface area (Å²) in [6.07, 6.45) is 2.13. The van der Waals surface area contributed by atoms with Crippen molar-refractivity contribution < 1.29 is 37.5 Å². The number of carbonyl (C=O) groups excluding carboxylic acids is 5. The van der Waals surface area contributed by atoms with E-state index in [0.29, 0.717) is 31.3 Å². The third-order valence-corrected chi connectivity index (χ3v) is 9.85. The molecule has 2 saturated heterocycles. The lowest BCUT2D eigenvalue weighted by Gasteiger charge is -2.44. The van der Waals surface area contributed by atoms with Gasteiger partial charge in [0.1, 0.15) is 17.0 Å². The summed E-state index contributed by atoms with van der Waals surface area (Å²) < 4.78 is 30.9. The monoisotopic (exact) mass is 635 g/mol. The molecule has 1 aromatic heterocycles. The standard InChI is InChI=1S/C33H35F2N5O6/c34-32(35)46-26-11-5-10-24-21(26)15-25(39-24)30(44)40-17-20-8-4-9-22(20)33(40,31(36)45)23(14-19-12-13-37-28(19)42)27(41)29(43)38-16-18-6-2-1-3-7-18/h1-3,5-7,10-11,15,19-20,22-23,32,39H,4,8-9,12-14,16-17H2,(H2,36,45)(H,37,42)(H,38,43)/t19-,20?,22?,23-,33?/m1/s1. The molecule has 0 radical (unpaired) electrons. The van der Waals surface area contributed by atoms with Gasteiger partial charge in [-0.2, -0.15) is 8.78 Å². The molecule has 1 saturated carbocycles. The van der Waals surface area contributed by atoms with Crippen molar-refractivity contribution >= 4 is 40.3 Å². The van der Waals surface area contributed by atoms with Crippen LogP contribution in [0.4, 0.5) is 8.78 Å². The molecule has 2 aliphatic heterocycles. The van der Waals surface area contributed by atoms with Crippen LogP contribution in [0.1, 0.15) is 48.2 Å². The summed E-state index contributed by atoms with van der Waals surface area (Å²) in [5, 5.41) is 5.62. The molecule has 3 unspecified atom stereocenters. The van der Waals surface area contributed by atoms with Crippen LogP contribution in [-0.2, 0) is 25.7 Å². The average molecular weight is 636 g/mol. The number of hydrogen-bond donors (Lipinski definition) is 4. The topological polar surface area (TPSA) is 164 Å². The van der Waals surface area contributed by atoms with Gasteiger partial charge in [-0.25, -0.2) is 0 Å². The molecule has 4 amide bonds. The predicted molar refractivity (Wildman–Crippen MR) is 161 cm³/mol. The molecule has 2 aromatic carbocycles. The van der Waals surface area contributed by atoms with Crippen LogP contribution in [0.25, 0.3) is 10.9 Å². The summed E-state index contributed by atoms with van der Waals surface area (Å²) in [6, 6.07) is 14.8. The third kappa shape index (κ3) is 5.47. The molecular weight excluding hydrogens is 600 g/mol. The first-order chi connectivity index (χ1) is 22.1. The Morgan fingerprint density at radius 2 is 1.85 bits per heavy atom. The predicted octanol–water partition coefficient (Wildman–Crippen LogP) is 2.89. The lowest BCUT2D eigenvalue weighted by atomic mass is 9.66. The Bertz CT molecular complexity index is 1680. The van der Waals surface area contributed by atoms with Crippen LogP contribution in [0.3, 0.4) is 0 Å². The molecule has 46 heavy (non-hydrogen) atoms. The molecular formula is C33H35F2N5O6. The number of aromatic amines is 1. The van der Waals surface area contributed by atoms with E-state index in [2.05, 4.69) is 20.4 Å². The van der Waals surface area contributed by atoms with Gasteiger partial charge in [0.15, 0.2) is 0 Å². The fraction of sp³-hybridized carbons (Fsp3) is 0.424. The highest BCUT2D eigenvalue weighted by Crippen LogP contribution is 2.54. The van der Waals surface area contributed by atoms with Crippen LogP contribution >= 0.6 is 0 Å². The fourth-order valence-corrected chi connectivity index (χ4v) is 7.86. The molecule has 3 aromatic rings. The fourth-order valence-electron chi connectivity index (χ4n) is 7.86. The Morgan fingerprint density at radius 1 is 1.07 bits per heavy atom. The summed E-state index contributed by atoms with van der Waals surface area (Å²) >= 11 is 0. The summed E-state index contributed by atoms with van der Waals surface area (Å²) in [6.45, 7) is -2.57. The van der Waals surface area contributed by atoms with E-state index in [1.165, 1.54) is 23.1 Å². The van der Waals surface area contributed by atoms with E-state index < -0.39 is 53.4 Å². The van der Waals surface area contributed by atoms with E-state index in [4.69, 9.17) is 5.73 Å². The van der Waals surface area contributed by atoms with Crippen LogP contribution < -0.4 is 21.1 Å². The quantitative estimate of drug-likeness (QED) is 0.237. The van der Waals surface area contributed by atoms with Gasteiger partial charge in [-0.15, -0.1) is 0 Å². The number of nitrogens with one attached hydrogen (secondary N) is 3. The first kappa shape index (κ1) is 31.2. The van der Waals surface area contributed by atoms with Crippen molar-refractivity contribution in [3.63, 3.8) is 0 Å². The lowest BCUT2D eigenvalue weighted by molar-refractivity contribution is -0.149. The largest absolute Gasteiger partial charge is 0.434 e. The molecule has 242 valence electrons. The second-order valence-electron chi connectivity index (χ2n) is 12.3. The zero-order valence-electron chi connectivity index (χ0n) is 25.0. The molecule has 3 aliphatic rings. The van der Waals surface area contributed by atoms with Gasteiger partial charge in [0.2, 0.25) is 17.6 Å². The van der Waals surface area contributed by atoms with Crippen molar-refractivity contribution in [3.8, 4) is 5.75 Å². The van der Waals surface area contributed by atoms with Crippen molar-refractivity contribution in [2.75, 3.05) is 13.1 Å². The Morgan fingerprint density at radius 3 is 2.54 bits per heavy atom. The van der Waals surface area contributed by atoms with E-state index in [1.54, 1.807) is 30.3 Å². The normalized spacial score (nSPS) is 24.5. The number of ether oxygens (including phenoxy) is 1. The first-order valence-corrected chi connectivity index (χ1v) is 15.4. The molecule has 3 heterocycles. The van der Waals surface area contributed by atoms with Gasteiger partial charge in [-0.05, 0) is 61.3 Å². The minimum atomic E-state index is -3.09. The minimum Gasteiger partial charge on any atom is -0.434 e. The van der Waals surface area contributed by atoms with Crippen molar-refractivity contribution in [1.29, 1.82) is 0 Å². The summed E-state index contributed by atoms with van der Waals surface area (Å²) in [7, 11) is 0. The number of nitrogens with zero attached hydrogens (tertiary/aromatic N) is 1. The second kappa shape index (κ2) is 12.5. The van der Waals surface area contributed by atoms with E-state index >= 15 is 0 Å². The van der Waals surface area contributed by atoms with Crippen LogP contribution in [0, 0.1) is 23.7 Å². The van der Waals surface area contributed by atoms with Gasteiger partial charge in [0, 0.05) is 36.5 Å². The first-order valence-electron chi connectivity index (χ1n) is 15.4. The lowest BCUT2D eigenvalue weighted by Crippen LogP contribution is -2.66. The Hall–Kier alpha value is -4.81. The SMILES string of the molecule is NC(=O)C1([C@H](C[C@H]2CCNC2=O)C(=O)C(=O)NCc2ccccc2)C2CCCC2CN1C(=O)c1cc2c(OC(F)F)cccc2[nH]1. The van der Waals surface area contributed by atoms with Crippen molar-refractivity contribution in [3.05, 3.63) is 65.9 Å². The number of halogens is 2. The number of hydrogen-bond acceptors (Lipinski definition) is 6. The number of nitrogens with two attached hydrogens (primary N) is 1. The highest BCUT2D eigenvalue weighted by Gasteiger charge is 2.66. The summed E-state index contributed by atoms with van der Waals surface area (Å²) in [5.74, 6) is -6.71. The van der Waals surface area contributed by atoms with Crippen LogP contribution in [-0.4, -0.2) is 64.5 Å². The van der Waals surface area contributed by atoms with Gasteiger partial charge in [-0.1, -0.05) is 42.8 Å². The maximum Gasteiger partial charge on any atom is 0.387 e. The number of H-pyrrole nitrogens is 1. The van der Waals surface area contributed by atoms with Crippen molar-refractivity contribution in [2.45, 2.75) is 50.8 Å². The number of primary amides is 1. The number of aromatic nitrogens is 1. The second-order valence-corrected chi connectivity index (χ2v) is 12.3. The number of ketones is 1. The van der Waals surface area contributed by atoms with E-state index in [9.17, 15) is 32.8 Å². The third-order valence-electron chi connectivity index (χ3n) is 9.85. The van der Waals surface area contributed by atoms with Gasteiger partial charge in [-0.3, -0.25) is 24.0 Å². The summed E-state index contributed by atoms with van der Waals surface area (Å²) in [5.41, 5.74) is 5.39. The number of rotatable bonds is 11. The zero-order valence-corrected chi connectivity index (χ0v) is 25.0. The van der Waals surface area contributed by atoms with Gasteiger partial charge < -0.3 is 31.0 Å². The summed E-state index contributed by atoms with van der Waals surface area (Å²) in [4.78, 5) is 73.1. The molecule has 11 nitrogen and oxygen atoms in total. The Kier molecular flexibility index (Phi) is 8.49. The number of Topliss-reactive ketones (excluding diaryl/α,β-unsaturated/α-hetero) is 1. The van der Waals surface area contributed by atoms with Crippen molar-refractivity contribution in [1.82, 2.24) is 20.5 Å². The number of alkyl halides is 2. The van der Waals surface area contributed by atoms with Crippen LogP contribution in [0.2, 0.25) is 0 Å². The molecule has 6 rings (SSSR count). The highest BCUT2D eigenvalue weighted by atomic mass is 19.3. The molecule has 5 N–H and O–H groups in total. The molecule has 0 spiro atoms. The van der Waals surface area contributed by atoms with Crippen molar-refractivity contribution in [2.24, 2.45) is 29.4 Å². The Balaban J connectivity index is 1.41. The number of carbonyl (C=O) groups is 5. The van der Waals surface area contributed by atoms with Crippen LogP contribution in [0.15, 0.2) is 54.6 Å². The molecule has 1 aliphatic carbocycles. The van der Waals surface area contributed by atoms with E-state index in [-0.39, 0.29) is 48.2 Å². The minimum absolute atomic E-state index is 0.0238. The van der Waals surface area contributed by atoms with E-state index in [1.807, 2.05) is 6.07 Å². The highest BCUT2D eigenvalue weighted by molar-refractivity contribution is 6.38. The van der Waals surface area contributed by atoms with Crippen LogP contribution in [0.5, 0.6) is 5.75 Å². The van der Waals surface area contributed by atoms with Gasteiger partial charge >= 0.3 is 6.61 Å². The van der Waals surface area contributed by atoms with Gasteiger partial charge in [0.25, 0.3) is 11.8 Å². The maximum absolute atomic E-state index is 14.4. The maximum atomic E-state index is 14.4. The average Bonchev–Trinajstić information content (AvgIpc) is 3.83. The smallest absolute Gasteiger partial charge is 0.387 e. The number of amides is 4. The number of likely N-dealkylation sites (tertiary alicyclic amines) is 1. The van der Waals surface area contributed by atoms with E-state index in [0.717, 1.165) is 12.0 Å². The molecule has 0 bridgehead atoms. The van der Waals surface area contributed by atoms with Gasteiger partial charge in [0.05, 0.1) is 5.92 Å². The molecule has 5 atom stereocenters.